The number of carboxylic acid groups (broad SMARTS) is 1. The van der Waals surface area contributed by atoms with Gasteiger partial charge in [-0.25, -0.2) is 4.79 Å². The van der Waals surface area contributed by atoms with E-state index >= 15 is 0 Å². The van der Waals surface area contributed by atoms with Crippen molar-refractivity contribution in [3.63, 3.8) is 0 Å². The molecule has 4 rings (SSSR count). The number of methoxy groups -OCH3 is 2. The summed E-state index contributed by atoms with van der Waals surface area (Å²) in [7, 11) is 3.12. The highest BCUT2D eigenvalue weighted by Crippen LogP contribution is 2.54. The molecule has 0 spiro atoms. The van der Waals surface area contributed by atoms with Crippen LogP contribution in [-0.4, -0.2) is 37.0 Å². The smallest absolute Gasteiger partial charge is 0.407 e. The van der Waals surface area contributed by atoms with Gasteiger partial charge < -0.3 is 29.5 Å². The summed E-state index contributed by atoms with van der Waals surface area (Å²) in [6.45, 7) is 6.15. The Bertz CT molecular complexity index is 1340. The molecule has 0 aromatic heterocycles. The molecule has 1 aliphatic heterocycles. The standard InChI is InChI=1S/C29H32N2O6S/c1-29(2,3)37-28(34)30-16-20-24(36-5)14-12-22-27(20)38-26-19(15-25(32)33)23(35-4)13-11-21(26)31(22)17-18-9-7-6-8-10-18/h6-14H,15-17H2,1-5H3,(H,30,34)(H,32,33). The van der Waals surface area contributed by atoms with E-state index in [4.69, 9.17) is 14.2 Å². The van der Waals surface area contributed by atoms with E-state index in [0.29, 0.717) is 23.6 Å². The summed E-state index contributed by atoms with van der Waals surface area (Å²) in [6, 6.07) is 17.7. The summed E-state index contributed by atoms with van der Waals surface area (Å²) in [6.07, 6.45) is -0.726. The molecule has 0 unspecified atom stereocenters. The number of carbonyl (C=O) groups is 2. The summed E-state index contributed by atoms with van der Waals surface area (Å²) < 4.78 is 16.7. The molecular weight excluding hydrogens is 504 g/mol. The molecule has 3 aromatic rings. The molecule has 200 valence electrons. The van der Waals surface area contributed by atoms with Crippen LogP contribution in [-0.2, 0) is 29.0 Å². The molecule has 0 saturated heterocycles. The molecule has 0 saturated carbocycles. The van der Waals surface area contributed by atoms with Crippen molar-refractivity contribution in [2.45, 2.75) is 55.7 Å². The molecule has 0 fully saturated rings. The lowest BCUT2D eigenvalue weighted by molar-refractivity contribution is -0.136. The predicted molar refractivity (Wildman–Crippen MR) is 147 cm³/mol. The molecule has 0 radical (unpaired) electrons. The van der Waals surface area contributed by atoms with E-state index in [1.807, 2.05) is 63.2 Å². The Morgan fingerprint density at radius 2 is 1.47 bits per heavy atom. The van der Waals surface area contributed by atoms with Gasteiger partial charge in [-0.05, 0) is 50.6 Å². The minimum Gasteiger partial charge on any atom is -0.496 e. The van der Waals surface area contributed by atoms with Gasteiger partial charge in [0.15, 0.2) is 0 Å². The van der Waals surface area contributed by atoms with Crippen LogP contribution in [0.25, 0.3) is 0 Å². The lowest BCUT2D eigenvalue weighted by atomic mass is 10.1. The Labute approximate surface area is 226 Å². The van der Waals surface area contributed by atoms with Crippen LogP contribution < -0.4 is 19.7 Å². The van der Waals surface area contributed by atoms with Crippen molar-refractivity contribution >= 4 is 35.2 Å². The molecule has 1 heterocycles. The molecule has 0 bridgehead atoms. The van der Waals surface area contributed by atoms with Gasteiger partial charge in [-0.1, -0.05) is 42.1 Å². The van der Waals surface area contributed by atoms with E-state index in [1.165, 1.54) is 18.9 Å². The van der Waals surface area contributed by atoms with Gasteiger partial charge in [0.05, 0.1) is 38.6 Å². The number of rotatable bonds is 8. The number of ether oxygens (including phenoxy) is 3. The van der Waals surface area contributed by atoms with Crippen LogP contribution >= 0.6 is 11.8 Å². The number of hydrogen-bond acceptors (Lipinski definition) is 7. The number of hydrogen-bond donors (Lipinski definition) is 2. The fourth-order valence-electron chi connectivity index (χ4n) is 4.36. The Morgan fingerprint density at radius 3 is 2.03 bits per heavy atom. The second-order valence-electron chi connectivity index (χ2n) is 9.79. The molecule has 38 heavy (non-hydrogen) atoms. The van der Waals surface area contributed by atoms with Gasteiger partial charge in [-0.2, -0.15) is 0 Å². The number of nitrogens with zero attached hydrogens (tertiary/aromatic N) is 1. The number of aliphatic carboxylic acids is 1. The first kappa shape index (κ1) is 27.2. The van der Waals surface area contributed by atoms with Gasteiger partial charge in [0.2, 0.25) is 0 Å². The van der Waals surface area contributed by atoms with Crippen molar-refractivity contribution in [2.75, 3.05) is 19.1 Å². The van der Waals surface area contributed by atoms with Gasteiger partial charge in [-0.15, -0.1) is 0 Å². The highest BCUT2D eigenvalue weighted by molar-refractivity contribution is 7.99. The van der Waals surface area contributed by atoms with Crippen LogP contribution in [0.3, 0.4) is 0 Å². The van der Waals surface area contributed by atoms with E-state index in [0.717, 1.165) is 32.3 Å². The quantitative estimate of drug-likeness (QED) is 0.353. The van der Waals surface area contributed by atoms with E-state index < -0.39 is 17.7 Å². The number of anilines is 2. The molecule has 1 amide bonds. The summed E-state index contributed by atoms with van der Waals surface area (Å²) in [4.78, 5) is 28.2. The molecule has 2 N–H and O–H groups in total. The number of nitrogens with one attached hydrogen (secondary N) is 1. The van der Waals surface area contributed by atoms with Gasteiger partial charge in [0, 0.05) is 27.5 Å². The van der Waals surface area contributed by atoms with Crippen molar-refractivity contribution in [2.24, 2.45) is 0 Å². The molecule has 9 heteroatoms. The van der Waals surface area contributed by atoms with Gasteiger partial charge in [0.1, 0.15) is 17.1 Å². The van der Waals surface area contributed by atoms with E-state index in [1.54, 1.807) is 7.11 Å². The average molecular weight is 537 g/mol. The zero-order valence-electron chi connectivity index (χ0n) is 22.2. The van der Waals surface area contributed by atoms with Crippen LogP contribution in [0.15, 0.2) is 64.4 Å². The molecule has 3 aromatic carbocycles. The second-order valence-corrected chi connectivity index (χ2v) is 10.8. The molecule has 1 aliphatic rings. The van der Waals surface area contributed by atoms with Crippen LogP contribution in [0, 0.1) is 0 Å². The zero-order chi connectivity index (χ0) is 27.4. The first-order valence-electron chi connectivity index (χ1n) is 12.2. The first-order valence-corrected chi connectivity index (χ1v) is 13.0. The minimum atomic E-state index is -0.949. The van der Waals surface area contributed by atoms with Crippen molar-refractivity contribution in [3.8, 4) is 11.5 Å². The van der Waals surface area contributed by atoms with E-state index in [-0.39, 0.29) is 13.0 Å². The predicted octanol–water partition coefficient (Wildman–Crippen LogP) is 6.16. The van der Waals surface area contributed by atoms with Crippen LogP contribution in [0.2, 0.25) is 0 Å². The largest absolute Gasteiger partial charge is 0.496 e. The molecule has 0 atom stereocenters. The number of benzene rings is 3. The summed E-state index contributed by atoms with van der Waals surface area (Å²) in [5.74, 6) is 0.173. The van der Waals surface area contributed by atoms with Crippen molar-refractivity contribution in [1.82, 2.24) is 5.32 Å². The van der Waals surface area contributed by atoms with Crippen molar-refractivity contribution in [3.05, 3.63) is 71.3 Å². The Hall–Kier alpha value is -3.85. The minimum absolute atomic E-state index is 0.168. The molecule has 8 nitrogen and oxygen atoms in total. The van der Waals surface area contributed by atoms with Gasteiger partial charge in [-0.3, -0.25) is 4.79 Å². The lowest BCUT2D eigenvalue weighted by Gasteiger charge is -2.35. The van der Waals surface area contributed by atoms with E-state index in [2.05, 4.69) is 22.3 Å². The molecular formula is C29H32N2O6S. The van der Waals surface area contributed by atoms with Crippen LogP contribution in [0.5, 0.6) is 11.5 Å². The normalized spacial score (nSPS) is 12.3. The highest BCUT2D eigenvalue weighted by Gasteiger charge is 2.31. The third-order valence-electron chi connectivity index (χ3n) is 5.94. The zero-order valence-corrected chi connectivity index (χ0v) is 23.0. The summed E-state index contributed by atoms with van der Waals surface area (Å²) in [5.41, 5.74) is 3.65. The number of amides is 1. The number of fused-ring (bicyclic) bond motifs is 2. The fraction of sp³-hybridized carbons (Fsp3) is 0.310. The number of carboxylic acids is 1. The van der Waals surface area contributed by atoms with Gasteiger partial charge in [0.25, 0.3) is 0 Å². The maximum atomic E-state index is 12.5. The fourth-order valence-corrected chi connectivity index (χ4v) is 5.72. The second kappa shape index (κ2) is 11.3. The maximum Gasteiger partial charge on any atom is 0.407 e. The topological polar surface area (TPSA) is 97.3 Å². The van der Waals surface area contributed by atoms with Crippen LogP contribution in [0.4, 0.5) is 16.2 Å². The third-order valence-corrected chi connectivity index (χ3v) is 7.26. The lowest BCUT2D eigenvalue weighted by Crippen LogP contribution is -2.32. The first-order chi connectivity index (χ1) is 18.1. The average Bonchev–Trinajstić information content (AvgIpc) is 2.86. The van der Waals surface area contributed by atoms with Crippen LogP contribution in [0.1, 0.15) is 37.5 Å². The number of alkyl carbamates (subject to hydrolysis) is 1. The van der Waals surface area contributed by atoms with E-state index in [9.17, 15) is 14.7 Å². The van der Waals surface area contributed by atoms with Crippen molar-refractivity contribution < 1.29 is 28.9 Å². The number of carbonyl (C=O) groups excluding carboxylic acids is 1. The summed E-state index contributed by atoms with van der Waals surface area (Å²) >= 11 is 1.46. The Balaban J connectivity index is 1.85. The summed E-state index contributed by atoms with van der Waals surface area (Å²) in [5, 5.41) is 12.5. The Kier molecular flexibility index (Phi) is 8.06. The highest BCUT2D eigenvalue weighted by atomic mass is 32.2. The van der Waals surface area contributed by atoms with Crippen molar-refractivity contribution in [1.29, 1.82) is 0 Å². The molecule has 0 aliphatic carbocycles. The third kappa shape index (κ3) is 5.99. The SMILES string of the molecule is COc1ccc2c(c1CNC(=O)OC(C)(C)C)Sc1c(ccc(OC)c1CC(=O)O)N2Cc1ccccc1. The maximum absolute atomic E-state index is 12.5. The Morgan fingerprint density at radius 1 is 0.895 bits per heavy atom. The van der Waals surface area contributed by atoms with Gasteiger partial charge >= 0.3 is 12.1 Å². The monoisotopic (exact) mass is 536 g/mol.